The van der Waals surface area contributed by atoms with Gasteiger partial charge in [0.1, 0.15) is 29.8 Å². The normalized spacial score (nSPS) is 15.6. The first-order valence-corrected chi connectivity index (χ1v) is 12.9. The summed E-state index contributed by atoms with van der Waals surface area (Å²) in [6.45, 7) is 9.66. The molecule has 0 radical (unpaired) electrons. The number of rotatable bonds is 10. The minimum atomic E-state index is -0.697. The van der Waals surface area contributed by atoms with E-state index in [9.17, 15) is 14.4 Å². The first-order valence-electron chi connectivity index (χ1n) is 12.6. The zero-order chi connectivity index (χ0) is 28.6. The number of carbonyl (C=O) groups excluding carboxylic acids is 1. The molecule has 39 heavy (non-hydrogen) atoms. The van der Waals surface area contributed by atoms with Crippen molar-refractivity contribution in [2.45, 2.75) is 51.6 Å². The summed E-state index contributed by atoms with van der Waals surface area (Å²) in [5.41, 5.74) is 9.10. The molecule has 0 bridgehead atoms. The zero-order valence-electron chi connectivity index (χ0n) is 22.4. The van der Waals surface area contributed by atoms with Gasteiger partial charge in [0, 0.05) is 42.4 Å². The molecule has 0 fully saturated rings. The lowest BCUT2D eigenvalue weighted by Gasteiger charge is -2.27. The molecule has 1 aliphatic carbocycles. The number of benzene rings is 2. The summed E-state index contributed by atoms with van der Waals surface area (Å²) in [4.78, 5) is 18.8. The van der Waals surface area contributed by atoms with Crippen LogP contribution in [0.3, 0.4) is 0 Å². The molecular formula is C29H33ClFN5O3. The minimum absolute atomic E-state index is 0.0467. The van der Waals surface area contributed by atoms with Crippen molar-refractivity contribution in [1.82, 2.24) is 4.90 Å². The predicted molar refractivity (Wildman–Crippen MR) is 152 cm³/mol. The van der Waals surface area contributed by atoms with E-state index in [4.69, 9.17) is 27.0 Å². The molecule has 0 saturated heterocycles. The van der Waals surface area contributed by atoms with E-state index < -0.39 is 11.7 Å². The molecule has 206 valence electrons. The summed E-state index contributed by atoms with van der Waals surface area (Å²) in [5, 5.41) is 9.34. The molecular weight excluding hydrogens is 521 g/mol. The van der Waals surface area contributed by atoms with E-state index >= 15 is 0 Å². The van der Waals surface area contributed by atoms with Crippen LogP contribution in [0.25, 0.3) is 0 Å². The molecule has 0 heterocycles. The van der Waals surface area contributed by atoms with Crippen molar-refractivity contribution in [3.63, 3.8) is 0 Å². The molecule has 2 N–H and O–H groups in total. The molecule has 0 spiro atoms. The number of nitrogens with two attached hydrogens (primary N) is 1. The van der Waals surface area contributed by atoms with Crippen LogP contribution in [0.1, 0.15) is 57.1 Å². The van der Waals surface area contributed by atoms with Crippen LogP contribution in [0, 0.1) is 17.1 Å². The maximum absolute atomic E-state index is 13.4. The summed E-state index contributed by atoms with van der Waals surface area (Å²) in [6, 6.07) is 13.2. The van der Waals surface area contributed by atoms with Crippen LogP contribution in [0.5, 0.6) is 5.75 Å². The molecule has 0 aliphatic heterocycles. The van der Waals surface area contributed by atoms with E-state index in [-0.39, 0.29) is 31.4 Å². The second-order valence-corrected chi connectivity index (χ2v) is 10.3. The number of carbonyl (C=O) groups is 1. The Morgan fingerprint density at radius 1 is 1.26 bits per heavy atom. The van der Waals surface area contributed by atoms with Crippen LogP contribution in [0.4, 0.5) is 14.9 Å². The topological polar surface area (TPSA) is 113 Å². The molecule has 1 atom stereocenters. The Morgan fingerprint density at radius 2 is 1.97 bits per heavy atom. The van der Waals surface area contributed by atoms with E-state index in [0.717, 1.165) is 23.3 Å². The van der Waals surface area contributed by atoms with Gasteiger partial charge >= 0.3 is 6.09 Å². The van der Waals surface area contributed by atoms with E-state index in [1.54, 1.807) is 51.1 Å². The van der Waals surface area contributed by atoms with Gasteiger partial charge in [0.2, 0.25) is 0 Å². The zero-order valence-corrected chi connectivity index (χ0v) is 23.2. The lowest BCUT2D eigenvalue weighted by molar-refractivity contribution is 0.0232. The van der Waals surface area contributed by atoms with Crippen molar-refractivity contribution in [2.75, 3.05) is 25.4 Å². The standard InChI is InChI=1S/C29H33ClFN5O3/c1-29(2,3)39-28(37)36(15-16-38-26-17-22(33)10-7-20(26)18-32)14-13-25(35-30)24-12-11-23(27(24)34-4)19-5-8-21(31)9-6-19/h5-10,17,23H,4,11-16,33H2,1-3H3. The molecule has 3 rings (SSSR count). The van der Waals surface area contributed by atoms with Crippen molar-refractivity contribution in [3.05, 3.63) is 70.7 Å². The Hall–Kier alpha value is -3.90. The quantitative estimate of drug-likeness (QED) is 0.269. The van der Waals surface area contributed by atoms with E-state index in [1.165, 1.54) is 17.0 Å². The van der Waals surface area contributed by atoms with Crippen LogP contribution >= 0.6 is 11.8 Å². The number of amides is 1. The largest absolute Gasteiger partial charge is 0.490 e. The number of nitrogens with zero attached hydrogens (tertiary/aromatic N) is 4. The Morgan fingerprint density at radius 3 is 2.59 bits per heavy atom. The van der Waals surface area contributed by atoms with E-state index in [0.29, 0.717) is 35.6 Å². The highest BCUT2D eigenvalue weighted by molar-refractivity contribution is 6.23. The van der Waals surface area contributed by atoms with Crippen LogP contribution in [0.15, 0.2) is 63.2 Å². The summed E-state index contributed by atoms with van der Waals surface area (Å²) in [6.07, 6.45) is 1.26. The predicted octanol–water partition coefficient (Wildman–Crippen LogP) is 6.41. The number of nitriles is 1. The van der Waals surface area contributed by atoms with Crippen LogP contribution in [-0.2, 0) is 4.74 Å². The van der Waals surface area contributed by atoms with Gasteiger partial charge < -0.3 is 20.1 Å². The number of hydrogen-bond acceptors (Lipinski definition) is 7. The summed E-state index contributed by atoms with van der Waals surface area (Å²) < 4.78 is 28.8. The maximum Gasteiger partial charge on any atom is 0.410 e. The number of allylic oxidation sites excluding steroid dienone is 2. The first kappa shape index (κ1) is 29.7. The molecule has 0 saturated carbocycles. The van der Waals surface area contributed by atoms with Gasteiger partial charge in [0.05, 0.1) is 23.5 Å². The summed E-state index contributed by atoms with van der Waals surface area (Å²) in [7, 11) is 0. The van der Waals surface area contributed by atoms with Gasteiger partial charge in [-0.05, 0) is 75.7 Å². The molecule has 0 aromatic heterocycles. The fourth-order valence-electron chi connectivity index (χ4n) is 4.40. The molecule has 2 aromatic carbocycles. The average Bonchev–Trinajstić information content (AvgIpc) is 3.31. The highest BCUT2D eigenvalue weighted by atomic mass is 35.5. The molecule has 2 aromatic rings. The molecule has 8 nitrogen and oxygen atoms in total. The first-order chi connectivity index (χ1) is 18.6. The minimum Gasteiger partial charge on any atom is -0.490 e. The van der Waals surface area contributed by atoms with Crippen LogP contribution < -0.4 is 10.5 Å². The number of hydrogen-bond donors (Lipinski definition) is 1. The number of aliphatic imine (C=N–C) groups is 1. The molecule has 1 aliphatic rings. The van der Waals surface area contributed by atoms with Crippen LogP contribution in [-0.4, -0.2) is 48.7 Å². The average molecular weight is 554 g/mol. The van der Waals surface area contributed by atoms with E-state index in [1.807, 2.05) is 0 Å². The number of ether oxygens (including phenoxy) is 2. The second kappa shape index (κ2) is 13.3. The van der Waals surface area contributed by atoms with E-state index in [2.05, 4.69) is 22.3 Å². The van der Waals surface area contributed by atoms with Gasteiger partial charge in [0.15, 0.2) is 0 Å². The number of halogens is 2. The Kier molecular flexibility index (Phi) is 10.1. The van der Waals surface area contributed by atoms with Gasteiger partial charge in [-0.25, -0.2) is 9.18 Å². The fourth-order valence-corrected chi connectivity index (χ4v) is 4.59. The van der Waals surface area contributed by atoms with Gasteiger partial charge in [-0.1, -0.05) is 12.1 Å². The highest BCUT2D eigenvalue weighted by Gasteiger charge is 2.30. The second-order valence-electron chi connectivity index (χ2n) is 10.1. The third kappa shape index (κ3) is 8.04. The lowest BCUT2D eigenvalue weighted by atomic mass is 9.96. The number of anilines is 1. The van der Waals surface area contributed by atoms with Crippen molar-refractivity contribution >= 4 is 36.0 Å². The summed E-state index contributed by atoms with van der Waals surface area (Å²) >= 11 is 6.03. The Labute approximate surface area is 233 Å². The monoisotopic (exact) mass is 553 g/mol. The van der Waals surface area contributed by atoms with Crippen molar-refractivity contribution in [3.8, 4) is 11.8 Å². The molecule has 1 amide bonds. The third-order valence-electron chi connectivity index (χ3n) is 6.23. The number of nitrogen functional groups attached to an aromatic ring is 1. The Balaban J connectivity index is 1.75. The molecule has 1 unspecified atom stereocenters. The maximum atomic E-state index is 13.4. The van der Waals surface area contributed by atoms with Crippen molar-refractivity contribution in [2.24, 2.45) is 9.50 Å². The van der Waals surface area contributed by atoms with Gasteiger partial charge in [-0.3, -0.25) is 4.99 Å². The molecule has 10 heteroatoms. The van der Waals surface area contributed by atoms with Gasteiger partial charge in [-0.15, -0.1) is 0 Å². The summed E-state index contributed by atoms with van der Waals surface area (Å²) in [5.74, 6) is -0.00771. The fraction of sp³-hybridized carbons (Fsp3) is 0.379. The van der Waals surface area contributed by atoms with Gasteiger partial charge in [0.25, 0.3) is 0 Å². The van der Waals surface area contributed by atoms with Crippen molar-refractivity contribution < 1.29 is 18.7 Å². The van der Waals surface area contributed by atoms with Gasteiger partial charge in [-0.2, -0.15) is 9.77 Å². The smallest absolute Gasteiger partial charge is 0.410 e. The Bertz CT molecular complexity index is 1300. The van der Waals surface area contributed by atoms with Crippen LogP contribution in [0.2, 0.25) is 0 Å². The SMILES string of the molecule is C=NC1=C(C(CCN(CCOc2cc(N)ccc2C#N)C(=O)OC(C)(C)C)=NCl)CCC1c1ccc(F)cc1. The van der Waals surface area contributed by atoms with Crippen molar-refractivity contribution in [1.29, 1.82) is 5.26 Å². The third-order valence-corrected chi connectivity index (χ3v) is 6.43. The highest BCUT2D eigenvalue weighted by Crippen LogP contribution is 2.41. The lowest BCUT2D eigenvalue weighted by Crippen LogP contribution is -2.40.